The van der Waals surface area contributed by atoms with E-state index in [1.807, 2.05) is 0 Å². The first-order chi connectivity index (χ1) is 12.0. The molecule has 0 atom stereocenters. The second-order valence-electron chi connectivity index (χ2n) is 7.54. The summed E-state index contributed by atoms with van der Waals surface area (Å²) in [5, 5.41) is 0.666. The first kappa shape index (κ1) is 16.6. The van der Waals surface area contributed by atoms with Gasteiger partial charge in [-0.05, 0) is 67.9 Å². The van der Waals surface area contributed by atoms with Crippen LogP contribution in [-0.2, 0) is 0 Å². The summed E-state index contributed by atoms with van der Waals surface area (Å²) in [6, 6.07) is 9.17. The summed E-state index contributed by atoms with van der Waals surface area (Å²) in [4.78, 5) is 4.75. The largest absolute Gasteiger partial charge is 0.375 e. The highest BCUT2D eigenvalue weighted by atomic mass is 32.1. The van der Waals surface area contributed by atoms with Gasteiger partial charge in [0.15, 0.2) is 5.13 Å². The Morgan fingerprint density at radius 1 is 0.960 bits per heavy atom. The van der Waals surface area contributed by atoms with Crippen LogP contribution in [0, 0.1) is 20.8 Å². The monoisotopic (exact) mass is 350 g/mol. The normalized spacial score (nSPS) is 15.8. The number of hydrogen-bond donors (Lipinski definition) is 1. The van der Waals surface area contributed by atoms with Crippen LogP contribution >= 0.6 is 11.3 Å². The molecule has 1 aliphatic rings. The number of nitrogen functional groups attached to an aromatic ring is 1. The summed E-state index contributed by atoms with van der Waals surface area (Å²) in [7, 11) is 0. The van der Waals surface area contributed by atoms with Gasteiger partial charge in [0.1, 0.15) is 0 Å². The molecule has 1 aromatic heterocycles. The van der Waals surface area contributed by atoms with Crippen molar-refractivity contribution in [1.82, 2.24) is 4.98 Å². The van der Waals surface area contributed by atoms with E-state index in [9.17, 15) is 0 Å². The van der Waals surface area contributed by atoms with Gasteiger partial charge in [-0.3, -0.25) is 0 Å². The van der Waals surface area contributed by atoms with E-state index in [2.05, 4.69) is 45.0 Å². The minimum absolute atomic E-state index is 0.649. The van der Waals surface area contributed by atoms with Gasteiger partial charge < -0.3 is 5.73 Å². The zero-order chi connectivity index (χ0) is 17.6. The molecule has 0 bridgehead atoms. The Kier molecular flexibility index (Phi) is 4.28. The van der Waals surface area contributed by atoms with Crippen LogP contribution in [0.4, 0.5) is 5.13 Å². The first-order valence-corrected chi connectivity index (χ1v) is 10.1. The lowest BCUT2D eigenvalue weighted by atomic mass is 9.79. The van der Waals surface area contributed by atoms with Gasteiger partial charge in [-0.2, -0.15) is 0 Å². The third kappa shape index (κ3) is 2.95. The summed E-state index contributed by atoms with van der Waals surface area (Å²) in [5.41, 5.74) is 15.4. The average Bonchev–Trinajstić information content (AvgIpc) is 2.95. The standard InChI is InChI=1S/C22H26N2S/c1-13-11-14(2)19(15(3)12-13)20-17(16-7-5-4-6-8-16)9-10-18-21(20)24-22(23)25-18/h9-12,16H,4-8H2,1-3H3,(H2,23,24). The lowest BCUT2D eigenvalue weighted by molar-refractivity contribution is 0.444. The van der Waals surface area contributed by atoms with Gasteiger partial charge in [0.2, 0.25) is 0 Å². The molecule has 3 aromatic rings. The number of hydrogen-bond acceptors (Lipinski definition) is 3. The van der Waals surface area contributed by atoms with E-state index in [1.54, 1.807) is 11.3 Å². The van der Waals surface area contributed by atoms with E-state index in [1.165, 1.54) is 70.2 Å². The predicted octanol–water partition coefficient (Wildman–Crippen LogP) is 6.52. The molecule has 4 rings (SSSR count). The molecule has 0 saturated heterocycles. The molecule has 0 unspecified atom stereocenters. The lowest BCUT2D eigenvalue weighted by Crippen LogP contribution is -2.07. The van der Waals surface area contributed by atoms with Crippen LogP contribution in [0.1, 0.15) is 60.3 Å². The van der Waals surface area contributed by atoms with Crippen molar-refractivity contribution in [3.63, 3.8) is 0 Å². The summed E-state index contributed by atoms with van der Waals surface area (Å²) < 4.78 is 1.20. The van der Waals surface area contributed by atoms with Crippen molar-refractivity contribution >= 4 is 26.7 Å². The van der Waals surface area contributed by atoms with Gasteiger partial charge in [0.05, 0.1) is 10.2 Å². The van der Waals surface area contributed by atoms with Gasteiger partial charge in [-0.15, -0.1) is 0 Å². The summed E-state index contributed by atoms with van der Waals surface area (Å²) in [6.07, 6.45) is 6.64. The molecule has 0 radical (unpaired) electrons. The SMILES string of the molecule is Cc1cc(C)c(-c2c(C3CCCCC3)ccc3sc(N)nc23)c(C)c1. The maximum absolute atomic E-state index is 6.07. The number of nitrogens with zero attached hydrogens (tertiary/aromatic N) is 1. The third-order valence-corrected chi connectivity index (χ3v) is 6.43. The number of fused-ring (bicyclic) bond motifs is 1. The Morgan fingerprint density at radius 3 is 2.32 bits per heavy atom. The second kappa shape index (κ2) is 6.45. The topological polar surface area (TPSA) is 38.9 Å². The molecule has 1 saturated carbocycles. The number of aromatic nitrogens is 1. The van der Waals surface area contributed by atoms with Crippen LogP contribution in [0.15, 0.2) is 24.3 Å². The van der Waals surface area contributed by atoms with Crippen LogP contribution in [0.2, 0.25) is 0 Å². The molecule has 3 heteroatoms. The van der Waals surface area contributed by atoms with E-state index < -0.39 is 0 Å². The molecule has 2 aromatic carbocycles. The molecule has 25 heavy (non-hydrogen) atoms. The van der Waals surface area contributed by atoms with Gasteiger partial charge in [0.25, 0.3) is 0 Å². The maximum atomic E-state index is 6.07. The van der Waals surface area contributed by atoms with Crippen molar-refractivity contribution in [2.75, 3.05) is 5.73 Å². The minimum Gasteiger partial charge on any atom is -0.375 e. The lowest BCUT2D eigenvalue weighted by Gasteiger charge is -2.26. The van der Waals surface area contributed by atoms with Gasteiger partial charge in [-0.1, -0.05) is 54.4 Å². The average molecular weight is 351 g/mol. The van der Waals surface area contributed by atoms with Crippen LogP contribution < -0.4 is 5.73 Å². The molecular weight excluding hydrogens is 324 g/mol. The number of benzene rings is 2. The van der Waals surface area contributed by atoms with Crippen molar-refractivity contribution in [3.8, 4) is 11.1 Å². The highest BCUT2D eigenvalue weighted by Gasteiger charge is 2.24. The summed E-state index contributed by atoms with van der Waals surface area (Å²) in [5.74, 6) is 0.649. The molecule has 2 N–H and O–H groups in total. The van der Waals surface area contributed by atoms with Crippen LogP contribution in [0.3, 0.4) is 0 Å². The third-order valence-electron chi connectivity index (χ3n) is 5.58. The Balaban J connectivity index is 2.02. The highest BCUT2D eigenvalue weighted by molar-refractivity contribution is 7.22. The van der Waals surface area contributed by atoms with Crippen molar-refractivity contribution in [2.45, 2.75) is 58.8 Å². The minimum atomic E-state index is 0.649. The van der Waals surface area contributed by atoms with Crippen LogP contribution in [0.25, 0.3) is 21.3 Å². The smallest absolute Gasteiger partial charge is 0.181 e. The van der Waals surface area contributed by atoms with E-state index in [0.717, 1.165) is 5.52 Å². The number of rotatable bonds is 2. The summed E-state index contributed by atoms with van der Waals surface area (Å²) >= 11 is 1.60. The Bertz CT molecular complexity index is 910. The van der Waals surface area contributed by atoms with Crippen molar-refractivity contribution in [2.24, 2.45) is 0 Å². The number of nitrogens with two attached hydrogens (primary N) is 1. The van der Waals surface area contributed by atoms with Crippen LogP contribution in [0.5, 0.6) is 0 Å². The van der Waals surface area contributed by atoms with Crippen molar-refractivity contribution in [1.29, 1.82) is 0 Å². The fourth-order valence-electron chi connectivity index (χ4n) is 4.62. The zero-order valence-electron chi connectivity index (χ0n) is 15.4. The second-order valence-corrected chi connectivity index (χ2v) is 8.60. The molecular formula is C22H26N2S. The van der Waals surface area contributed by atoms with Gasteiger partial charge in [0, 0.05) is 5.56 Å². The quantitative estimate of drug-likeness (QED) is 0.571. The van der Waals surface area contributed by atoms with Crippen molar-refractivity contribution < 1.29 is 0 Å². The number of aryl methyl sites for hydroxylation is 3. The zero-order valence-corrected chi connectivity index (χ0v) is 16.2. The molecule has 1 aliphatic carbocycles. The first-order valence-electron chi connectivity index (χ1n) is 9.31. The highest BCUT2D eigenvalue weighted by Crippen LogP contribution is 2.44. The number of thiazole rings is 1. The molecule has 0 aliphatic heterocycles. The number of anilines is 1. The Labute approximate surface area is 154 Å². The van der Waals surface area contributed by atoms with E-state index in [0.29, 0.717) is 11.0 Å². The molecule has 130 valence electrons. The Hall–Kier alpha value is -1.87. The van der Waals surface area contributed by atoms with Crippen molar-refractivity contribution in [3.05, 3.63) is 46.5 Å². The van der Waals surface area contributed by atoms with E-state index in [-0.39, 0.29) is 0 Å². The van der Waals surface area contributed by atoms with E-state index >= 15 is 0 Å². The van der Waals surface area contributed by atoms with Gasteiger partial charge >= 0.3 is 0 Å². The fourth-order valence-corrected chi connectivity index (χ4v) is 5.36. The van der Waals surface area contributed by atoms with Crippen LogP contribution in [-0.4, -0.2) is 4.98 Å². The molecule has 0 spiro atoms. The predicted molar refractivity (Wildman–Crippen MR) is 110 cm³/mol. The Morgan fingerprint density at radius 2 is 1.64 bits per heavy atom. The molecule has 0 amide bonds. The fraction of sp³-hybridized carbons (Fsp3) is 0.409. The molecule has 2 nitrogen and oxygen atoms in total. The van der Waals surface area contributed by atoms with Gasteiger partial charge in [-0.25, -0.2) is 4.98 Å². The van der Waals surface area contributed by atoms with E-state index in [4.69, 9.17) is 10.7 Å². The molecule has 1 fully saturated rings. The molecule has 1 heterocycles. The maximum Gasteiger partial charge on any atom is 0.181 e. The summed E-state index contributed by atoms with van der Waals surface area (Å²) in [6.45, 7) is 6.64.